The van der Waals surface area contributed by atoms with Gasteiger partial charge in [-0.15, -0.1) is 0 Å². The molecule has 27 heavy (non-hydrogen) atoms. The van der Waals surface area contributed by atoms with Crippen LogP contribution in [-0.4, -0.2) is 71.7 Å². The van der Waals surface area contributed by atoms with Crippen LogP contribution in [0.15, 0.2) is 12.7 Å². The van der Waals surface area contributed by atoms with Gasteiger partial charge in [-0.2, -0.15) is 0 Å². The summed E-state index contributed by atoms with van der Waals surface area (Å²) in [6.45, 7) is -0.521. The smallest absolute Gasteiger partial charge is 0.306 e. The Kier molecular flexibility index (Phi) is 5.46. The number of hydrogen-bond acceptors (Lipinski definition) is 11. The molecule has 1 saturated heterocycles. The van der Waals surface area contributed by atoms with Crippen molar-refractivity contribution in [1.82, 2.24) is 25.0 Å². The van der Waals surface area contributed by atoms with Gasteiger partial charge < -0.3 is 25.4 Å². The molecule has 4 atom stereocenters. The number of hydroxylamine groups is 1. The molecule has 1 amide bonds. The third-order valence-electron chi connectivity index (χ3n) is 4.10. The van der Waals surface area contributed by atoms with Crippen LogP contribution in [0.5, 0.6) is 0 Å². The molecule has 0 saturated carbocycles. The fourth-order valence-corrected chi connectivity index (χ4v) is 2.78. The number of fused-ring (bicyclic) bond motifs is 1. The van der Waals surface area contributed by atoms with Crippen LogP contribution in [0.2, 0.25) is 0 Å². The minimum absolute atomic E-state index is 0.148. The standard InChI is InChI=1S/C14H18N6O7/c15-12-9-13(17-4-16-12)20(5-18-9)14-10(24)11(6(3-21)26-14)27-8(23)2-1-7(22)19-25/h4-6,10-11,14,21,24-25H,1-3H2,(H,19,22)(H2,15,16,17)/t6-,10+,11-,14-/m1/s1. The van der Waals surface area contributed by atoms with E-state index >= 15 is 0 Å². The molecule has 146 valence electrons. The van der Waals surface area contributed by atoms with Crippen molar-refractivity contribution in [2.45, 2.75) is 37.4 Å². The van der Waals surface area contributed by atoms with E-state index in [0.29, 0.717) is 11.2 Å². The second-order valence-electron chi connectivity index (χ2n) is 5.81. The van der Waals surface area contributed by atoms with E-state index in [1.807, 2.05) is 0 Å². The van der Waals surface area contributed by atoms with Crippen molar-refractivity contribution in [3.05, 3.63) is 12.7 Å². The first kappa shape index (κ1) is 18.9. The maximum Gasteiger partial charge on any atom is 0.306 e. The Morgan fingerprint density at radius 1 is 1.33 bits per heavy atom. The Labute approximate surface area is 151 Å². The molecule has 0 bridgehead atoms. The zero-order chi connectivity index (χ0) is 19.6. The van der Waals surface area contributed by atoms with Gasteiger partial charge in [0, 0.05) is 6.42 Å². The van der Waals surface area contributed by atoms with E-state index in [2.05, 4.69) is 15.0 Å². The minimum atomic E-state index is -1.34. The van der Waals surface area contributed by atoms with Crippen LogP contribution in [0.1, 0.15) is 19.1 Å². The molecule has 0 aromatic carbocycles. The number of aliphatic hydroxyl groups is 2. The number of nitrogens with two attached hydrogens (primary N) is 1. The summed E-state index contributed by atoms with van der Waals surface area (Å²) < 4.78 is 12.2. The molecule has 1 aliphatic heterocycles. The number of nitrogens with one attached hydrogen (secondary N) is 1. The lowest BCUT2D eigenvalue weighted by atomic mass is 10.1. The van der Waals surface area contributed by atoms with Gasteiger partial charge in [-0.25, -0.2) is 20.4 Å². The van der Waals surface area contributed by atoms with Crippen LogP contribution >= 0.6 is 0 Å². The summed E-state index contributed by atoms with van der Waals surface area (Å²) in [4.78, 5) is 34.8. The van der Waals surface area contributed by atoms with Gasteiger partial charge in [0.25, 0.3) is 0 Å². The number of carbonyl (C=O) groups is 2. The van der Waals surface area contributed by atoms with E-state index in [-0.39, 0.29) is 18.7 Å². The highest BCUT2D eigenvalue weighted by Gasteiger charge is 2.47. The molecule has 6 N–H and O–H groups in total. The molecular formula is C14H18N6O7. The number of amides is 1. The van der Waals surface area contributed by atoms with Crippen molar-refractivity contribution in [2.24, 2.45) is 0 Å². The van der Waals surface area contributed by atoms with E-state index in [1.165, 1.54) is 22.7 Å². The molecule has 1 fully saturated rings. The van der Waals surface area contributed by atoms with E-state index in [0.717, 1.165) is 0 Å². The molecule has 3 rings (SSSR count). The summed E-state index contributed by atoms with van der Waals surface area (Å²) in [5.74, 6) is -1.41. The van der Waals surface area contributed by atoms with Crippen LogP contribution in [0.4, 0.5) is 5.82 Å². The molecule has 3 heterocycles. The average Bonchev–Trinajstić information content (AvgIpc) is 3.22. The highest BCUT2D eigenvalue weighted by Crippen LogP contribution is 2.33. The molecule has 0 radical (unpaired) electrons. The second kappa shape index (κ2) is 7.79. The summed E-state index contributed by atoms with van der Waals surface area (Å²) in [5, 5.41) is 28.5. The largest absolute Gasteiger partial charge is 0.457 e. The Balaban J connectivity index is 1.76. The Bertz CT molecular complexity index is 842. The number of ether oxygens (including phenoxy) is 2. The number of imidazole rings is 1. The number of nitrogen functional groups attached to an aromatic ring is 1. The molecule has 2 aromatic heterocycles. The van der Waals surface area contributed by atoms with Gasteiger partial charge in [0.05, 0.1) is 19.4 Å². The zero-order valence-corrected chi connectivity index (χ0v) is 13.9. The van der Waals surface area contributed by atoms with Crippen LogP contribution in [0.25, 0.3) is 11.2 Å². The van der Waals surface area contributed by atoms with Crippen molar-refractivity contribution in [3.8, 4) is 0 Å². The molecule has 0 spiro atoms. The summed E-state index contributed by atoms with van der Waals surface area (Å²) in [7, 11) is 0. The SMILES string of the molecule is Nc1ncnc2c1ncn2[C@@H]1O[C@H](CO)[C@@H](OC(=O)CCC(=O)NO)[C@@H]1O. The maximum atomic E-state index is 11.9. The zero-order valence-electron chi connectivity index (χ0n) is 13.9. The van der Waals surface area contributed by atoms with Gasteiger partial charge in [0.2, 0.25) is 5.91 Å². The first-order chi connectivity index (χ1) is 13.0. The van der Waals surface area contributed by atoms with Crippen LogP contribution in [0.3, 0.4) is 0 Å². The highest BCUT2D eigenvalue weighted by atomic mass is 16.6. The number of hydrogen-bond donors (Lipinski definition) is 5. The van der Waals surface area contributed by atoms with E-state index in [4.69, 9.17) is 20.4 Å². The summed E-state index contributed by atoms with van der Waals surface area (Å²) >= 11 is 0. The normalized spacial score (nSPS) is 24.9. The predicted molar refractivity (Wildman–Crippen MR) is 85.8 cm³/mol. The topological polar surface area (TPSA) is 195 Å². The number of nitrogens with zero attached hydrogens (tertiary/aromatic N) is 4. The number of rotatable bonds is 6. The van der Waals surface area contributed by atoms with E-state index < -0.39 is 43.0 Å². The molecule has 0 unspecified atom stereocenters. The number of esters is 1. The van der Waals surface area contributed by atoms with Gasteiger partial charge in [-0.3, -0.25) is 19.4 Å². The summed E-state index contributed by atoms with van der Waals surface area (Å²) in [6.07, 6.45) is -2.62. The van der Waals surface area contributed by atoms with Crippen molar-refractivity contribution >= 4 is 28.9 Å². The molecule has 13 nitrogen and oxygen atoms in total. The monoisotopic (exact) mass is 382 g/mol. The van der Waals surface area contributed by atoms with Crippen molar-refractivity contribution in [1.29, 1.82) is 0 Å². The van der Waals surface area contributed by atoms with E-state index in [9.17, 15) is 19.8 Å². The number of aromatic nitrogens is 4. The molecule has 13 heteroatoms. The molecule has 1 aliphatic rings. The van der Waals surface area contributed by atoms with Crippen LogP contribution < -0.4 is 11.2 Å². The minimum Gasteiger partial charge on any atom is -0.457 e. The Morgan fingerprint density at radius 2 is 2.11 bits per heavy atom. The number of carbonyl (C=O) groups excluding carboxylic acids is 2. The Hall–Kier alpha value is -2.87. The van der Waals surface area contributed by atoms with Gasteiger partial charge in [-0.1, -0.05) is 0 Å². The fraction of sp³-hybridized carbons (Fsp3) is 0.500. The summed E-state index contributed by atoms with van der Waals surface area (Å²) in [6, 6.07) is 0. The predicted octanol–water partition coefficient (Wildman–Crippen LogP) is -2.14. The summed E-state index contributed by atoms with van der Waals surface area (Å²) in [5.41, 5.74) is 7.74. The van der Waals surface area contributed by atoms with Crippen LogP contribution in [0, 0.1) is 0 Å². The van der Waals surface area contributed by atoms with Crippen molar-refractivity contribution in [3.63, 3.8) is 0 Å². The molecule has 0 aliphatic carbocycles. The molecular weight excluding hydrogens is 364 g/mol. The number of aliphatic hydroxyl groups excluding tert-OH is 2. The van der Waals surface area contributed by atoms with E-state index in [1.54, 1.807) is 0 Å². The van der Waals surface area contributed by atoms with Crippen molar-refractivity contribution < 1.29 is 34.5 Å². The first-order valence-electron chi connectivity index (χ1n) is 7.96. The lowest BCUT2D eigenvalue weighted by Crippen LogP contribution is -2.38. The average molecular weight is 382 g/mol. The van der Waals surface area contributed by atoms with Gasteiger partial charge in [0.1, 0.15) is 24.1 Å². The Morgan fingerprint density at radius 3 is 2.81 bits per heavy atom. The lowest BCUT2D eigenvalue weighted by Gasteiger charge is -2.19. The highest BCUT2D eigenvalue weighted by molar-refractivity contribution is 5.81. The fourth-order valence-electron chi connectivity index (χ4n) is 2.78. The lowest BCUT2D eigenvalue weighted by molar-refractivity contribution is -0.157. The van der Waals surface area contributed by atoms with Crippen LogP contribution in [-0.2, 0) is 19.1 Å². The first-order valence-corrected chi connectivity index (χ1v) is 7.96. The molecule has 2 aromatic rings. The number of anilines is 1. The maximum absolute atomic E-state index is 11.9. The second-order valence-corrected chi connectivity index (χ2v) is 5.81. The van der Waals surface area contributed by atoms with Gasteiger partial charge in [-0.05, 0) is 0 Å². The van der Waals surface area contributed by atoms with Crippen molar-refractivity contribution in [2.75, 3.05) is 12.3 Å². The van der Waals surface area contributed by atoms with Gasteiger partial charge in [0.15, 0.2) is 23.8 Å². The quantitative estimate of drug-likeness (QED) is 0.208. The third-order valence-corrected chi connectivity index (χ3v) is 4.10. The third kappa shape index (κ3) is 3.66. The van der Waals surface area contributed by atoms with Gasteiger partial charge >= 0.3 is 5.97 Å².